The van der Waals surface area contributed by atoms with Gasteiger partial charge in [0.05, 0.1) is 26.2 Å². The summed E-state index contributed by atoms with van der Waals surface area (Å²) in [6.07, 6.45) is 8.19. The van der Waals surface area contributed by atoms with Crippen molar-refractivity contribution in [2.24, 2.45) is 0 Å². The van der Waals surface area contributed by atoms with Gasteiger partial charge < -0.3 is 4.48 Å². The Balaban J connectivity index is 4.64. The molecule has 0 unspecified atom stereocenters. The van der Waals surface area contributed by atoms with Gasteiger partial charge in [0.1, 0.15) is 0 Å². The molecule has 0 aliphatic heterocycles. The van der Waals surface area contributed by atoms with E-state index in [1.165, 1.54) is 88.8 Å². The minimum Gasteiger partial charge on any atom is -0.323 e. The maximum absolute atomic E-state index is 2.59. The number of rotatable bonds is 14. The first-order valence-electron chi connectivity index (χ1n) is 9.25. The molecule has 0 atom stereocenters. The quantitative estimate of drug-likeness (QED) is 0.423. The van der Waals surface area contributed by atoms with Crippen LogP contribution in [0.5, 0.6) is 0 Å². The van der Waals surface area contributed by atoms with Gasteiger partial charge in [-0.3, -0.25) is 4.90 Å². The Bertz CT molecular complexity index is 178. The molecule has 0 aromatic heterocycles. The zero-order valence-corrected chi connectivity index (χ0v) is 15.1. The molecule has 0 heterocycles. The molecule has 2 nitrogen and oxygen atoms in total. The fourth-order valence-electron chi connectivity index (χ4n) is 3.04. The third kappa shape index (κ3) is 8.26. The SMILES string of the molecule is CCCC[N+](CCCC)(CCCC)CCN(CC)CC. The van der Waals surface area contributed by atoms with Crippen molar-refractivity contribution >= 4 is 0 Å². The summed E-state index contributed by atoms with van der Waals surface area (Å²) in [4.78, 5) is 2.59. The van der Waals surface area contributed by atoms with Gasteiger partial charge in [-0.05, 0) is 32.4 Å². The van der Waals surface area contributed by atoms with Crippen LogP contribution in [0.1, 0.15) is 73.1 Å². The highest BCUT2D eigenvalue weighted by atomic mass is 15.4. The molecular weight excluding hydrogens is 244 g/mol. The van der Waals surface area contributed by atoms with Gasteiger partial charge >= 0.3 is 0 Å². The van der Waals surface area contributed by atoms with E-state index in [0.717, 1.165) is 0 Å². The van der Waals surface area contributed by atoms with Crippen molar-refractivity contribution < 1.29 is 4.48 Å². The van der Waals surface area contributed by atoms with Crippen molar-refractivity contribution in [3.8, 4) is 0 Å². The lowest BCUT2D eigenvalue weighted by Gasteiger charge is -2.40. The highest BCUT2D eigenvalue weighted by Gasteiger charge is 2.25. The van der Waals surface area contributed by atoms with E-state index in [4.69, 9.17) is 0 Å². The maximum atomic E-state index is 2.59. The Morgan fingerprint density at radius 3 is 1.30 bits per heavy atom. The maximum Gasteiger partial charge on any atom is 0.0915 e. The van der Waals surface area contributed by atoms with Gasteiger partial charge in [0, 0.05) is 6.54 Å². The fourth-order valence-corrected chi connectivity index (χ4v) is 3.04. The van der Waals surface area contributed by atoms with E-state index in [0.29, 0.717) is 0 Å². The summed E-state index contributed by atoms with van der Waals surface area (Å²) < 4.78 is 1.38. The minimum absolute atomic E-state index is 1.20. The molecule has 0 saturated carbocycles. The molecule has 0 bridgehead atoms. The lowest BCUT2D eigenvalue weighted by atomic mass is 10.1. The number of hydrogen-bond donors (Lipinski definition) is 0. The first kappa shape index (κ1) is 19.9. The topological polar surface area (TPSA) is 3.24 Å². The highest BCUT2D eigenvalue weighted by molar-refractivity contribution is 4.55. The van der Waals surface area contributed by atoms with Gasteiger partial charge in [-0.25, -0.2) is 0 Å². The number of likely N-dealkylation sites (N-methyl/N-ethyl adjacent to an activating group) is 1. The van der Waals surface area contributed by atoms with E-state index in [1.807, 2.05) is 0 Å². The molecule has 20 heavy (non-hydrogen) atoms. The molecular formula is C18H41N2+. The summed E-state index contributed by atoms with van der Waals surface area (Å²) >= 11 is 0. The average Bonchev–Trinajstić information content (AvgIpc) is 2.49. The zero-order chi connectivity index (χ0) is 15.3. The first-order chi connectivity index (χ1) is 9.67. The first-order valence-corrected chi connectivity index (χ1v) is 9.25. The normalized spacial score (nSPS) is 12.3. The Morgan fingerprint density at radius 2 is 1.00 bits per heavy atom. The van der Waals surface area contributed by atoms with Gasteiger partial charge in [0.2, 0.25) is 0 Å². The monoisotopic (exact) mass is 285 g/mol. The summed E-state index contributed by atoms with van der Waals surface area (Å²) in [5, 5.41) is 0. The van der Waals surface area contributed by atoms with Crippen molar-refractivity contribution in [1.29, 1.82) is 0 Å². The second-order valence-electron chi connectivity index (χ2n) is 6.32. The van der Waals surface area contributed by atoms with Crippen LogP contribution in [0.3, 0.4) is 0 Å². The molecule has 0 aliphatic carbocycles. The third-order valence-electron chi connectivity index (χ3n) is 4.74. The van der Waals surface area contributed by atoms with Crippen LogP contribution in [0.2, 0.25) is 0 Å². The summed E-state index contributed by atoms with van der Waals surface area (Å²) in [6, 6.07) is 0. The molecule has 0 aromatic carbocycles. The number of unbranched alkanes of at least 4 members (excludes halogenated alkanes) is 3. The molecule has 0 spiro atoms. The van der Waals surface area contributed by atoms with Crippen LogP contribution < -0.4 is 0 Å². The molecule has 2 heteroatoms. The molecule has 0 aliphatic rings. The van der Waals surface area contributed by atoms with E-state index in [2.05, 4.69) is 39.5 Å². The van der Waals surface area contributed by atoms with Crippen molar-refractivity contribution in [3.05, 3.63) is 0 Å². The molecule has 0 aromatic rings. The minimum atomic E-state index is 1.20. The van der Waals surface area contributed by atoms with Crippen LogP contribution in [0.25, 0.3) is 0 Å². The third-order valence-corrected chi connectivity index (χ3v) is 4.74. The fraction of sp³-hybridized carbons (Fsp3) is 1.00. The average molecular weight is 286 g/mol. The largest absolute Gasteiger partial charge is 0.323 e. The van der Waals surface area contributed by atoms with Crippen LogP contribution in [-0.4, -0.2) is 55.2 Å². The van der Waals surface area contributed by atoms with E-state index in [1.54, 1.807) is 0 Å². The van der Waals surface area contributed by atoms with E-state index in [9.17, 15) is 0 Å². The van der Waals surface area contributed by atoms with Gasteiger partial charge in [-0.15, -0.1) is 0 Å². The Labute approximate surface area is 129 Å². The summed E-state index contributed by atoms with van der Waals surface area (Å²) in [5.41, 5.74) is 0. The van der Waals surface area contributed by atoms with E-state index in [-0.39, 0.29) is 0 Å². The molecule has 0 fully saturated rings. The van der Waals surface area contributed by atoms with E-state index < -0.39 is 0 Å². The Kier molecular flexibility index (Phi) is 12.6. The number of nitrogens with zero attached hydrogens (tertiary/aromatic N) is 2. The molecule has 0 N–H and O–H groups in total. The van der Waals surface area contributed by atoms with Crippen molar-refractivity contribution in [2.75, 3.05) is 45.8 Å². The second-order valence-corrected chi connectivity index (χ2v) is 6.32. The van der Waals surface area contributed by atoms with Crippen molar-refractivity contribution in [3.63, 3.8) is 0 Å². The lowest BCUT2D eigenvalue weighted by molar-refractivity contribution is -0.928. The van der Waals surface area contributed by atoms with Crippen LogP contribution in [0, 0.1) is 0 Å². The highest BCUT2D eigenvalue weighted by Crippen LogP contribution is 2.15. The lowest BCUT2D eigenvalue weighted by Crippen LogP contribution is -2.53. The van der Waals surface area contributed by atoms with Crippen LogP contribution >= 0.6 is 0 Å². The van der Waals surface area contributed by atoms with Crippen molar-refractivity contribution in [1.82, 2.24) is 4.90 Å². The Morgan fingerprint density at radius 1 is 0.600 bits per heavy atom. The Hall–Kier alpha value is -0.0800. The summed E-state index contributed by atoms with van der Waals surface area (Å²) in [6.45, 7) is 20.8. The molecule has 0 amide bonds. The van der Waals surface area contributed by atoms with Crippen molar-refractivity contribution in [2.45, 2.75) is 73.1 Å². The molecule has 0 saturated heterocycles. The smallest absolute Gasteiger partial charge is 0.0915 e. The van der Waals surface area contributed by atoms with Gasteiger partial charge in [-0.2, -0.15) is 0 Å². The molecule has 0 radical (unpaired) electrons. The van der Waals surface area contributed by atoms with Gasteiger partial charge in [-0.1, -0.05) is 53.9 Å². The van der Waals surface area contributed by atoms with Gasteiger partial charge in [0.25, 0.3) is 0 Å². The number of hydrogen-bond acceptors (Lipinski definition) is 1. The summed E-state index contributed by atoms with van der Waals surface area (Å²) in [5.74, 6) is 0. The predicted octanol–water partition coefficient (Wildman–Crippen LogP) is 4.55. The van der Waals surface area contributed by atoms with Crippen LogP contribution in [0.15, 0.2) is 0 Å². The van der Waals surface area contributed by atoms with E-state index >= 15 is 0 Å². The molecule has 122 valence electrons. The standard InChI is InChI=1S/C18H41N2/c1-6-11-15-20(16-12-7-2,17-13-8-3)18-14-19(9-4)10-5/h6-18H2,1-5H3/q+1. The van der Waals surface area contributed by atoms with Crippen LogP contribution in [-0.2, 0) is 0 Å². The van der Waals surface area contributed by atoms with Gasteiger partial charge in [0.15, 0.2) is 0 Å². The second kappa shape index (κ2) is 12.6. The zero-order valence-electron chi connectivity index (χ0n) is 15.1. The predicted molar refractivity (Wildman–Crippen MR) is 92.2 cm³/mol. The van der Waals surface area contributed by atoms with Crippen LogP contribution in [0.4, 0.5) is 0 Å². The number of quaternary nitrogens is 1. The molecule has 0 rings (SSSR count). The summed E-state index contributed by atoms with van der Waals surface area (Å²) in [7, 11) is 0.